The van der Waals surface area contributed by atoms with Crippen molar-refractivity contribution < 1.29 is 9.32 Å². The molecule has 0 spiro atoms. The van der Waals surface area contributed by atoms with Crippen molar-refractivity contribution in [2.24, 2.45) is 0 Å². The van der Waals surface area contributed by atoms with Gasteiger partial charge in [0.15, 0.2) is 0 Å². The average Bonchev–Trinajstić information content (AvgIpc) is 3.10. The molecule has 0 bridgehead atoms. The summed E-state index contributed by atoms with van der Waals surface area (Å²) >= 11 is 0. The minimum Gasteiger partial charge on any atom is -0.339 e. The van der Waals surface area contributed by atoms with E-state index in [-0.39, 0.29) is 12.3 Å². The summed E-state index contributed by atoms with van der Waals surface area (Å²) in [6, 6.07) is 11.5. The fraction of sp³-hybridized carbons (Fsp3) is 0.222. The zero-order valence-electron chi connectivity index (χ0n) is 13.4. The van der Waals surface area contributed by atoms with Crippen LogP contribution in [0.1, 0.15) is 24.8 Å². The van der Waals surface area contributed by atoms with E-state index in [2.05, 4.69) is 27.4 Å². The van der Waals surface area contributed by atoms with Gasteiger partial charge in [0.1, 0.15) is 0 Å². The Hall–Kier alpha value is -3.02. The summed E-state index contributed by atoms with van der Waals surface area (Å²) < 4.78 is 5.20. The SMILES string of the molecule is CCc1ccccc1NC(=O)CCc1nc(-c2cccnc2)no1. The van der Waals surface area contributed by atoms with Gasteiger partial charge in [0, 0.05) is 36.5 Å². The number of nitrogens with zero attached hydrogens (tertiary/aromatic N) is 3. The zero-order chi connectivity index (χ0) is 16.8. The molecule has 0 unspecified atom stereocenters. The summed E-state index contributed by atoms with van der Waals surface area (Å²) in [5, 5.41) is 6.85. The second kappa shape index (κ2) is 7.50. The lowest BCUT2D eigenvalue weighted by Gasteiger charge is -2.08. The molecule has 0 fully saturated rings. The Bertz CT molecular complexity index is 815. The van der Waals surface area contributed by atoms with Gasteiger partial charge in [-0.3, -0.25) is 9.78 Å². The van der Waals surface area contributed by atoms with Gasteiger partial charge in [-0.15, -0.1) is 0 Å². The maximum atomic E-state index is 12.1. The molecule has 0 saturated heterocycles. The molecule has 0 aliphatic rings. The van der Waals surface area contributed by atoms with Crippen molar-refractivity contribution in [1.82, 2.24) is 15.1 Å². The Labute approximate surface area is 139 Å². The monoisotopic (exact) mass is 322 g/mol. The molecule has 6 heteroatoms. The molecular formula is C18H18N4O2. The molecule has 0 saturated carbocycles. The van der Waals surface area contributed by atoms with E-state index in [1.165, 1.54) is 0 Å². The molecule has 3 aromatic rings. The molecule has 2 aromatic heterocycles. The summed E-state index contributed by atoms with van der Waals surface area (Å²) in [6.45, 7) is 2.06. The number of anilines is 1. The fourth-order valence-electron chi connectivity index (χ4n) is 2.35. The molecule has 0 aliphatic heterocycles. The Kier molecular flexibility index (Phi) is 4.96. The first-order valence-corrected chi connectivity index (χ1v) is 7.87. The first kappa shape index (κ1) is 15.9. The number of hydrogen-bond donors (Lipinski definition) is 1. The summed E-state index contributed by atoms with van der Waals surface area (Å²) in [4.78, 5) is 20.4. The maximum Gasteiger partial charge on any atom is 0.227 e. The van der Waals surface area contributed by atoms with Crippen LogP contribution < -0.4 is 5.32 Å². The molecule has 24 heavy (non-hydrogen) atoms. The van der Waals surface area contributed by atoms with E-state index in [4.69, 9.17) is 4.52 Å². The summed E-state index contributed by atoms with van der Waals surface area (Å²) in [7, 11) is 0. The number of hydrogen-bond acceptors (Lipinski definition) is 5. The standard InChI is InChI=1S/C18H18N4O2/c1-2-13-6-3-4-8-15(13)20-16(23)9-10-17-21-18(22-24-17)14-7-5-11-19-12-14/h3-8,11-12H,2,9-10H2,1H3,(H,20,23). The molecule has 1 aromatic carbocycles. The third kappa shape index (κ3) is 3.84. The van der Waals surface area contributed by atoms with Crippen LogP contribution in [-0.2, 0) is 17.6 Å². The van der Waals surface area contributed by atoms with Crippen LogP contribution in [0.25, 0.3) is 11.4 Å². The van der Waals surface area contributed by atoms with Crippen LogP contribution in [0.4, 0.5) is 5.69 Å². The molecule has 6 nitrogen and oxygen atoms in total. The number of para-hydroxylation sites is 1. The van der Waals surface area contributed by atoms with Crippen molar-refractivity contribution in [2.75, 3.05) is 5.32 Å². The highest BCUT2D eigenvalue weighted by atomic mass is 16.5. The van der Waals surface area contributed by atoms with Gasteiger partial charge in [-0.2, -0.15) is 4.98 Å². The van der Waals surface area contributed by atoms with Gasteiger partial charge in [-0.05, 0) is 30.2 Å². The third-order valence-corrected chi connectivity index (χ3v) is 3.63. The number of nitrogens with one attached hydrogen (secondary N) is 1. The quantitative estimate of drug-likeness (QED) is 0.753. The van der Waals surface area contributed by atoms with Crippen LogP contribution in [0.3, 0.4) is 0 Å². The topological polar surface area (TPSA) is 80.9 Å². The first-order chi connectivity index (χ1) is 11.8. The van der Waals surface area contributed by atoms with Crippen molar-refractivity contribution in [2.45, 2.75) is 26.2 Å². The van der Waals surface area contributed by atoms with Gasteiger partial charge in [0.05, 0.1) is 0 Å². The van der Waals surface area contributed by atoms with Crippen LogP contribution >= 0.6 is 0 Å². The summed E-state index contributed by atoms with van der Waals surface area (Å²) in [6.07, 6.45) is 4.90. The largest absolute Gasteiger partial charge is 0.339 e. The Morgan fingerprint density at radius 2 is 2.08 bits per heavy atom. The van der Waals surface area contributed by atoms with Crippen molar-refractivity contribution >= 4 is 11.6 Å². The van der Waals surface area contributed by atoms with E-state index < -0.39 is 0 Å². The highest BCUT2D eigenvalue weighted by Gasteiger charge is 2.11. The smallest absolute Gasteiger partial charge is 0.227 e. The average molecular weight is 322 g/mol. The number of aryl methyl sites for hydroxylation is 2. The lowest BCUT2D eigenvalue weighted by atomic mass is 10.1. The molecule has 0 radical (unpaired) electrons. The van der Waals surface area contributed by atoms with E-state index in [0.717, 1.165) is 23.2 Å². The summed E-state index contributed by atoms with van der Waals surface area (Å²) in [5.41, 5.74) is 2.75. The lowest BCUT2D eigenvalue weighted by molar-refractivity contribution is -0.116. The minimum absolute atomic E-state index is 0.0722. The minimum atomic E-state index is -0.0722. The van der Waals surface area contributed by atoms with Gasteiger partial charge in [0.25, 0.3) is 0 Å². The van der Waals surface area contributed by atoms with E-state index in [0.29, 0.717) is 18.1 Å². The van der Waals surface area contributed by atoms with Crippen LogP contribution in [-0.4, -0.2) is 21.0 Å². The molecule has 1 amide bonds. The Balaban J connectivity index is 1.58. The third-order valence-electron chi connectivity index (χ3n) is 3.63. The van der Waals surface area contributed by atoms with Crippen molar-refractivity contribution in [3.8, 4) is 11.4 Å². The zero-order valence-corrected chi connectivity index (χ0v) is 13.4. The van der Waals surface area contributed by atoms with Gasteiger partial charge >= 0.3 is 0 Å². The second-order valence-corrected chi connectivity index (χ2v) is 5.31. The normalized spacial score (nSPS) is 10.5. The molecule has 3 rings (SSSR count). The Morgan fingerprint density at radius 1 is 1.21 bits per heavy atom. The van der Waals surface area contributed by atoms with Gasteiger partial charge in [-0.1, -0.05) is 30.3 Å². The number of aromatic nitrogens is 3. The molecule has 0 aliphatic carbocycles. The van der Waals surface area contributed by atoms with E-state index in [9.17, 15) is 4.79 Å². The van der Waals surface area contributed by atoms with Crippen molar-refractivity contribution in [3.05, 3.63) is 60.2 Å². The van der Waals surface area contributed by atoms with Crippen LogP contribution in [0.2, 0.25) is 0 Å². The molecule has 2 heterocycles. The second-order valence-electron chi connectivity index (χ2n) is 5.31. The highest BCUT2D eigenvalue weighted by molar-refractivity contribution is 5.91. The molecule has 1 N–H and O–H groups in total. The molecular weight excluding hydrogens is 304 g/mol. The number of carbonyl (C=O) groups excluding carboxylic acids is 1. The Morgan fingerprint density at radius 3 is 2.88 bits per heavy atom. The van der Waals surface area contributed by atoms with Crippen LogP contribution in [0, 0.1) is 0 Å². The number of amides is 1. The molecule has 122 valence electrons. The maximum absolute atomic E-state index is 12.1. The predicted octanol–water partition coefficient (Wildman–Crippen LogP) is 3.27. The summed E-state index contributed by atoms with van der Waals surface area (Å²) in [5.74, 6) is 0.847. The van der Waals surface area contributed by atoms with Gasteiger partial charge < -0.3 is 9.84 Å². The van der Waals surface area contributed by atoms with Crippen LogP contribution in [0.5, 0.6) is 0 Å². The molecule has 0 atom stereocenters. The van der Waals surface area contributed by atoms with E-state index in [1.807, 2.05) is 36.4 Å². The highest BCUT2D eigenvalue weighted by Crippen LogP contribution is 2.17. The number of pyridine rings is 1. The fourth-order valence-corrected chi connectivity index (χ4v) is 2.35. The van der Waals surface area contributed by atoms with Gasteiger partial charge in [-0.25, -0.2) is 0 Å². The number of rotatable bonds is 6. The first-order valence-electron chi connectivity index (χ1n) is 7.87. The lowest BCUT2D eigenvalue weighted by Crippen LogP contribution is -2.13. The van der Waals surface area contributed by atoms with Crippen molar-refractivity contribution in [3.63, 3.8) is 0 Å². The van der Waals surface area contributed by atoms with E-state index >= 15 is 0 Å². The van der Waals surface area contributed by atoms with Gasteiger partial charge in [0.2, 0.25) is 17.6 Å². The van der Waals surface area contributed by atoms with E-state index in [1.54, 1.807) is 12.4 Å². The predicted molar refractivity (Wildman–Crippen MR) is 90.3 cm³/mol. The van der Waals surface area contributed by atoms with Crippen molar-refractivity contribution in [1.29, 1.82) is 0 Å². The van der Waals surface area contributed by atoms with Crippen LogP contribution in [0.15, 0.2) is 53.3 Å². The number of benzene rings is 1. The number of carbonyl (C=O) groups is 1.